The standard InChI is InChI=1S/C13H17F2NO/c1-3-16-10-7-8(2)12-9(10)5-4-6-11(12)17-13(14)15/h4-6,8,10,13,16H,3,7H2,1-2H3. The minimum atomic E-state index is -2.76. The quantitative estimate of drug-likeness (QED) is 0.871. The fourth-order valence-electron chi connectivity index (χ4n) is 2.63. The van der Waals surface area contributed by atoms with Gasteiger partial charge in [-0.25, -0.2) is 0 Å². The lowest BCUT2D eigenvalue weighted by atomic mass is 10.0. The Morgan fingerprint density at radius 1 is 1.47 bits per heavy atom. The molecule has 0 spiro atoms. The van der Waals surface area contributed by atoms with Crippen molar-refractivity contribution in [2.75, 3.05) is 6.54 Å². The molecular formula is C13H17F2NO. The number of halogens is 2. The normalized spacial score (nSPS) is 22.9. The molecule has 17 heavy (non-hydrogen) atoms. The second kappa shape index (κ2) is 5.00. The summed E-state index contributed by atoms with van der Waals surface area (Å²) in [6, 6.07) is 5.64. The molecule has 0 amide bonds. The minimum Gasteiger partial charge on any atom is -0.435 e. The topological polar surface area (TPSA) is 21.3 Å². The lowest BCUT2D eigenvalue weighted by Gasteiger charge is -2.14. The van der Waals surface area contributed by atoms with Crippen LogP contribution in [0.15, 0.2) is 18.2 Å². The number of rotatable bonds is 4. The van der Waals surface area contributed by atoms with E-state index in [1.54, 1.807) is 12.1 Å². The summed E-state index contributed by atoms with van der Waals surface area (Å²) in [7, 11) is 0. The minimum absolute atomic E-state index is 0.254. The maximum Gasteiger partial charge on any atom is 0.387 e. The summed E-state index contributed by atoms with van der Waals surface area (Å²) in [4.78, 5) is 0. The molecule has 2 atom stereocenters. The Kier molecular flexibility index (Phi) is 3.62. The molecule has 1 aromatic rings. The van der Waals surface area contributed by atoms with Crippen LogP contribution in [0.5, 0.6) is 5.75 Å². The molecule has 0 radical (unpaired) electrons. The fraction of sp³-hybridized carbons (Fsp3) is 0.538. The molecule has 0 heterocycles. The highest BCUT2D eigenvalue weighted by atomic mass is 19.3. The number of fused-ring (bicyclic) bond motifs is 1. The molecule has 0 saturated heterocycles. The first kappa shape index (κ1) is 12.3. The van der Waals surface area contributed by atoms with Crippen LogP contribution in [0.2, 0.25) is 0 Å². The third kappa shape index (κ3) is 2.41. The highest BCUT2D eigenvalue weighted by Crippen LogP contribution is 2.44. The van der Waals surface area contributed by atoms with Crippen molar-refractivity contribution in [1.29, 1.82) is 0 Å². The number of ether oxygens (including phenoxy) is 1. The predicted molar refractivity (Wildman–Crippen MR) is 62.5 cm³/mol. The van der Waals surface area contributed by atoms with Crippen molar-refractivity contribution in [2.45, 2.75) is 38.8 Å². The monoisotopic (exact) mass is 241 g/mol. The van der Waals surface area contributed by atoms with E-state index in [2.05, 4.69) is 17.0 Å². The van der Waals surface area contributed by atoms with Crippen molar-refractivity contribution in [1.82, 2.24) is 5.32 Å². The predicted octanol–water partition coefficient (Wildman–Crippen LogP) is 3.45. The summed E-state index contributed by atoms with van der Waals surface area (Å²) in [6.07, 6.45) is 0.937. The van der Waals surface area contributed by atoms with E-state index in [4.69, 9.17) is 0 Å². The molecule has 0 aromatic heterocycles. The first-order valence-electron chi connectivity index (χ1n) is 5.94. The lowest BCUT2D eigenvalue weighted by molar-refractivity contribution is -0.0505. The van der Waals surface area contributed by atoms with E-state index in [1.807, 2.05) is 13.0 Å². The summed E-state index contributed by atoms with van der Waals surface area (Å²) in [5.74, 6) is 0.578. The molecule has 1 aliphatic carbocycles. The smallest absolute Gasteiger partial charge is 0.387 e. The van der Waals surface area contributed by atoms with Crippen LogP contribution in [0, 0.1) is 0 Å². The molecule has 0 bridgehead atoms. The molecule has 2 unspecified atom stereocenters. The molecule has 0 fully saturated rings. The van der Waals surface area contributed by atoms with Crippen LogP contribution in [0.25, 0.3) is 0 Å². The molecule has 0 aliphatic heterocycles. The zero-order chi connectivity index (χ0) is 12.4. The molecule has 4 heteroatoms. The zero-order valence-corrected chi connectivity index (χ0v) is 10.0. The van der Waals surface area contributed by atoms with Gasteiger partial charge in [0.25, 0.3) is 0 Å². The van der Waals surface area contributed by atoms with Crippen molar-refractivity contribution in [3.63, 3.8) is 0 Å². The van der Waals surface area contributed by atoms with E-state index < -0.39 is 6.61 Å². The Labute approximate surface area is 100.0 Å². The molecular weight excluding hydrogens is 224 g/mol. The van der Waals surface area contributed by atoms with E-state index >= 15 is 0 Å². The Morgan fingerprint density at radius 2 is 2.24 bits per heavy atom. The second-order valence-corrected chi connectivity index (χ2v) is 4.38. The average Bonchev–Trinajstić information content (AvgIpc) is 2.57. The summed E-state index contributed by atoms with van der Waals surface area (Å²) >= 11 is 0. The summed E-state index contributed by atoms with van der Waals surface area (Å²) in [6.45, 7) is 2.21. The van der Waals surface area contributed by atoms with Gasteiger partial charge in [0.2, 0.25) is 0 Å². The van der Waals surface area contributed by atoms with Crippen LogP contribution in [0.1, 0.15) is 43.4 Å². The van der Waals surface area contributed by atoms with Crippen molar-refractivity contribution in [2.24, 2.45) is 0 Å². The van der Waals surface area contributed by atoms with Crippen molar-refractivity contribution >= 4 is 0 Å². The molecule has 1 aliphatic rings. The fourth-order valence-corrected chi connectivity index (χ4v) is 2.63. The van der Waals surface area contributed by atoms with Gasteiger partial charge in [-0.2, -0.15) is 8.78 Å². The Hall–Kier alpha value is -1.16. The van der Waals surface area contributed by atoms with Crippen molar-refractivity contribution < 1.29 is 13.5 Å². The van der Waals surface area contributed by atoms with E-state index in [0.29, 0.717) is 5.75 Å². The molecule has 1 aromatic carbocycles. The number of alkyl halides is 2. The third-order valence-corrected chi connectivity index (χ3v) is 3.22. The highest BCUT2D eigenvalue weighted by molar-refractivity contribution is 5.47. The van der Waals surface area contributed by atoms with Gasteiger partial charge in [-0.1, -0.05) is 26.0 Å². The molecule has 0 saturated carbocycles. The van der Waals surface area contributed by atoms with E-state index in [9.17, 15) is 8.78 Å². The largest absolute Gasteiger partial charge is 0.435 e. The number of benzene rings is 1. The summed E-state index contributed by atoms with van der Waals surface area (Å²) < 4.78 is 29.2. The molecule has 94 valence electrons. The van der Waals surface area contributed by atoms with Gasteiger partial charge in [0.15, 0.2) is 0 Å². The maximum atomic E-state index is 12.3. The van der Waals surface area contributed by atoms with Crippen LogP contribution in [0.3, 0.4) is 0 Å². The summed E-state index contributed by atoms with van der Waals surface area (Å²) in [5.41, 5.74) is 2.02. The number of hydrogen-bond acceptors (Lipinski definition) is 2. The molecule has 2 rings (SSSR count). The van der Waals surface area contributed by atoms with Crippen LogP contribution in [-0.4, -0.2) is 13.2 Å². The van der Waals surface area contributed by atoms with Gasteiger partial charge in [-0.05, 0) is 30.5 Å². The third-order valence-electron chi connectivity index (χ3n) is 3.22. The Balaban J connectivity index is 2.34. The number of nitrogens with one attached hydrogen (secondary N) is 1. The first-order valence-corrected chi connectivity index (χ1v) is 5.94. The van der Waals surface area contributed by atoms with Crippen LogP contribution in [-0.2, 0) is 0 Å². The van der Waals surface area contributed by atoms with E-state index in [1.165, 1.54) is 0 Å². The SMILES string of the molecule is CCNC1CC(C)c2c(OC(F)F)cccc21. The van der Waals surface area contributed by atoms with Gasteiger partial charge in [-0.15, -0.1) is 0 Å². The van der Waals surface area contributed by atoms with Gasteiger partial charge < -0.3 is 10.1 Å². The first-order chi connectivity index (χ1) is 8.13. The summed E-state index contributed by atoms with van der Waals surface area (Å²) in [5, 5.41) is 3.37. The van der Waals surface area contributed by atoms with Gasteiger partial charge in [0.1, 0.15) is 5.75 Å². The maximum absolute atomic E-state index is 12.3. The van der Waals surface area contributed by atoms with Gasteiger partial charge in [0.05, 0.1) is 0 Å². The van der Waals surface area contributed by atoms with Crippen molar-refractivity contribution in [3.8, 4) is 5.75 Å². The van der Waals surface area contributed by atoms with Crippen LogP contribution in [0.4, 0.5) is 8.78 Å². The highest BCUT2D eigenvalue weighted by Gasteiger charge is 2.30. The second-order valence-electron chi connectivity index (χ2n) is 4.38. The van der Waals surface area contributed by atoms with Crippen molar-refractivity contribution in [3.05, 3.63) is 29.3 Å². The van der Waals surface area contributed by atoms with Gasteiger partial charge in [0, 0.05) is 11.6 Å². The molecule has 1 N–H and O–H groups in total. The van der Waals surface area contributed by atoms with E-state index in [0.717, 1.165) is 24.1 Å². The Morgan fingerprint density at radius 3 is 2.88 bits per heavy atom. The van der Waals surface area contributed by atoms with E-state index in [-0.39, 0.29) is 12.0 Å². The lowest BCUT2D eigenvalue weighted by Crippen LogP contribution is -2.18. The molecule has 2 nitrogen and oxygen atoms in total. The Bertz CT molecular complexity index is 395. The number of hydrogen-bond donors (Lipinski definition) is 1. The zero-order valence-electron chi connectivity index (χ0n) is 10.0. The van der Waals surface area contributed by atoms with Gasteiger partial charge >= 0.3 is 6.61 Å². The average molecular weight is 241 g/mol. The van der Waals surface area contributed by atoms with Crippen LogP contribution < -0.4 is 10.1 Å². The van der Waals surface area contributed by atoms with Crippen LogP contribution >= 0.6 is 0 Å². The van der Waals surface area contributed by atoms with Gasteiger partial charge in [-0.3, -0.25) is 0 Å².